The molecule has 7 nitrogen and oxygen atoms in total. The minimum absolute atomic E-state index is 0.167. The summed E-state index contributed by atoms with van der Waals surface area (Å²) in [4.78, 5) is 14.6. The zero-order valence-electron chi connectivity index (χ0n) is 17.4. The number of halogens is 1. The number of anilines is 2. The Hall–Kier alpha value is -2.45. The topological polar surface area (TPSA) is 76.8 Å². The summed E-state index contributed by atoms with van der Waals surface area (Å²) in [5.41, 5.74) is 1.14. The third-order valence-electron chi connectivity index (χ3n) is 5.70. The van der Waals surface area contributed by atoms with E-state index in [0.717, 1.165) is 44.5 Å². The van der Waals surface area contributed by atoms with Gasteiger partial charge < -0.3 is 18.9 Å². The molecule has 2 atom stereocenters. The molecule has 1 N–H and O–H groups in total. The van der Waals surface area contributed by atoms with Crippen LogP contribution >= 0.6 is 0 Å². The molecule has 0 aliphatic carbocycles. The van der Waals surface area contributed by atoms with Gasteiger partial charge in [-0.3, -0.25) is 10.1 Å². The highest BCUT2D eigenvalue weighted by Gasteiger charge is 2.35. The molecular weight excluding hydrogens is 389 g/mol. The summed E-state index contributed by atoms with van der Waals surface area (Å²) in [7, 11) is 0. The zero-order chi connectivity index (χ0) is 21.1. The first-order valence-corrected chi connectivity index (χ1v) is 10.5. The molecule has 2 saturated heterocycles. The van der Waals surface area contributed by atoms with E-state index in [9.17, 15) is 9.18 Å². The van der Waals surface area contributed by atoms with Crippen molar-refractivity contribution in [3.05, 3.63) is 41.8 Å². The standard InChI is InChI=1S/C22H28FN3O4/c1-22(2,14-29-20-5-3-4-12-28-20)18-13-19(30-25-18)24-21(27)17-10-11-26(17)16-8-6-15(23)7-9-16/h6-9,13,17,20H,3-5,10-12,14H2,1-2H3,(H,24,27)/t17-,20?/m0/s1. The Morgan fingerprint density at radius 2 is 2.10 bits per heavy atom. The molecule has 0 bridgehead atoms. The normalized spacial score (nSPS) is 21.9. The van der Waals surface area contributed by atoms with Crippen molar-refractivity contribution in [3.8, 4) is 0 Å². The van der Waals surface area contributed by atoms with Crippen LogP contribution in [-0.4, -0.2) is 43.2 Å². The molecule has 2 aliphatic rings. The number of hydrogen-bond donors (Lipinski definition) is 1. The van der Waals surface area contributed by atoms with E-state index in [2.05, 4.69) is 10.5 Å². The fraction of sp³-hybridized carbons (Fsp3) is 0.545. The summed E-state index contributed by atoms with van der Waals surface area (Å²) in [5, 5.41) is 6.93. The van der Waals surface area contributed by atoms with E-state index in [1.165, 1.54) is 12.1 Å². The maximum absolute atomic E-state index is 13.1. The van der Waals surface area contributed by atoms with Crippen molar-refractivity contribution in [2.24, 2.45) is 0 Å². The van der Waals surface area contributed by atoms with Crippen LogP contribution < -0.4 is 10.2 Å². The van der Waals surface area contributed by atoms with Crippen molar-refractivity contribution in [3.63, 3.8) is 0 Å². The number of rotatable bonds is 7. The SMILES string of the molecule is CC(C)(COC1CCCCO1)c1cc(NC(=O)[C@@H]2CCN2c2ccc(F)cc2)on1. The molecular formula is C22H28FN3O4. The van der Waals surface area contributed by atoms with Crippen LogP contribution in [-0.2, 0) is 19.7 Å². The first-order chi connectivity index (χ1) is 14.4. The van der Waals surface area contributed by atoms with Crippen LogP contribution in [0.15, 0.2) is 34.9 Å². The molecule has 0 radical (unpaired) electrons. The van der Waals surface area contributed by atoms with E-state index in [-0.39, 0.29) is 29.5 Å². The first kappa shape index (κ1) is 20.8. The molecule has 30 heavy (non-hydrogen) atoms. The molecule has 1 aromatic heterocycles. The summed E-state index contributed by atoms with van der Waals surface area (Å²) in [6.45, 7) is 5.96. The Bertz CT molecular complexity index is 862. The molecule has 0 spiro atoms. The van der Waals surface area contributed by atoms with Crippen molar-refractivity contribution in [2.45, 2.75) is 57.3 Å². The average Bonchev–Trinajstić information content (AvgIpc) is 3.17. The van der Waals surface area contributed by atoms with Gasteiger partial charge in [0.2, 0.25) is 11.8 Å². The van der Waals surface area contributed by atoms with Gasteiger partial charge in [0.15, 0.2) is 6.29 Å². The van der Waals surface area contributed by atoms with E-state index in [1.54, 1.807) is 18.2 Å². The molecule has 2 aliphatic heterocycles. The fourth-order valence-electron chi connectivity index (χ4n) is 3.68. The zero-order valence-corrected chi connectivity index (χ0v) is 17.4. The lowest BCUT2D eigenvalue weighted by Crippen LogP contribution is -2.54. The largest absolute Gasteiger partial charge is 0.359 e. The van der Waals surface area contributed by atoms with Crippen LogP contribution in [0, 0.1) is 5.82 Å². The lowest BCUT2D eigenvalue weighted by Gasteiger charge is -2.41. The van der Waals surface area contributed by atoms with Gasteiger partial charge in [-0.05, 0) is 49.9 Å². The number of nitrogens with zero attached hydrogens (tertiary/aromatic N) is 2. The number of carbonyl (C=O) groups excluding carboxylic acids is 1. The smallest absolute Gasteiger partial charge is 0.249 e. The summed E-state index contributed by atoms with van der Waals surface area (Å²) in [5.74, 6) is -0.156. The highest BCUT2D eigenvalue weighted by molar-refractivity contribution is 5.97. The third-order valence-corrected chi connectivity index (χ3v) is 5.70. The Balaban J connectivity index is 1.33. The van der Waals surface area contributed by atoms with Crippen molar-refractivity contribution in [1.29, 1.82) is 0 Å². The number of ether oxygens (including phenoxy) is 2. The van der Waals surface area contributed by atoms with Gasteiger partial charge in [-0.25, -0.2) is 4.39 Å². The van der Waals surface area contributed by atoms with Crippen molar-refractivity contribution >= 4 is 17.5 Å². The number of amides is 1. The van der Waals surface area contributed by atoms with E-state index in [4.69, 9.17) is 14.0 Å². The number of carbonyl (C=O) groups is 1. The van der Waals surface area contributed by atoms with E-state index in [1.807, 2.05) is 18.7 Å². The lowest BCUT2D eigenvalue weighted by molar-refractivity contribution is -0.170. The highest BCUT2D eigenvalue weighted by atomic mass is 19.1. The van der Waals surface area contributed by atoms with Crippen molar-refractivity contribution in [2.75, 3.05) is 30.0 Å². The molecule has 2 aromatic rings. The minimum Gasteiger partial charge on any atom is -0.359 e. The average molecular weight is 417 g/mol. The molecule has 2 fully saturated rings. The van der Waals surface area contributed by atoms with Gasteiger partial charge in [0.25, 0.3) is 0 Å². The number of nitrogens with one attached hydrogen (secondary N) is 1. The molecule has 4 rings (SSSR count). The van der Waals surface area contributed by atoms with Gasteiger partial charge in [-0.15, -0.1) is 0 Å². The second kappa shape index (κ2) is 8.73. The van der Waals surface area contributed by atoms with Crippen LogP contribution in [0.2, 0.25) is 0 Å². The highest BCUT2D eigenvalue weighted by Crippen LogP contribution is 2.29. The predicted molar refractivity (Wildman–Crippen MR) is 110 cm³/mol. The Kier molecular flexibility index (Phi) is 6.06. The van der Waals surface area contributed by atoms with Crippen LogP contribution in [0.5, 0.6) is 0 Å². The van der Waals surface area contributed by atoms with Crippen LogP contribution in [0.4, 0.5) is 16.0 Å². The second-order valence-corrected chi connectivity index (χ2v) is 8.53. The van der Waals surface area contributed by atoms with Crippen LogP contribution in [0.3, 0.4) is 0 Å². The Morgan fingerprint density at radius 3 is 2.77 bits per heavy atom. The van der Waals surface area contributed by atoms with Gasteiger partial charge in [-0.2, -0.15) is 0 Å². The predicted octanol–water partition coefficient (Wildman–Crippen LogP) is 3.85. The molecule has 162 valence electrons. The molecule has 1 unspecified atom stereocenters. The summed E-state index contributed by atoms with van der Waals surface area (Å²) >= 11 is 0. The molecule has 0 saturated carbocycles. The second-order valence-electron chi connectivity index (χ2n) is 8.53. The van der Waals surface area contributed by atoms with Gasteiger partial charge in [0.05, 0.1) is 12.3 Å². The maximum Gasteiger partial charge on any atom is 0.249 e. The monoisotopic (exact) mass is 417 g/mol. The van der Waals surface area contributed by atoms with E-state index < -0.39 is 0 Å². The Morgan fingerprint density at radius 1 is 1.30 bits per heavy atom. The molecule has 1 aromatic carbocycles. The maximum atomic E-state index is 13.1. The first-order valence-electron chi connectivity index (χ1n) is 10.5. The van der Waals surface area contributed by atoms with Crippen LogP contribution in [0.25, 0.3) is 0 Å². The van der Waals surface area contributed by atoms with Gasteiger partial charge in [-0.1, -0.05) is 19.0 Å². The fourth-order valence-corrected chi connectivity index (χ4v) is 3.68. The molecule has 1 amide bonds. The van der Waals surface area contributed by atoms with E-state index in [0.29, 0.717) is 18.2 Å². The Labute approximate surface area is 175 Å². The van der Waals surface area contributed by atoms with Gasteiger partial charge in [0.1, 0.15) is 11.9 Å². The molecule has 8 heteroatoms. The third kappa shape index (κ3) is 4.65. The summed E-state index contributed by atoms with van der Waals surface area (Å²) in [6.07, 6.45) is 3.66. The molecule has 3 heterocycles. The van der Waals surface area contributed by atoms with E-state index >= 15 is 0 Å². The van der Waals surface area contributed by atoms with Crippen LogP contribution in [0.1, 0.15) is 45.2 Å². The summed E-state index contributed by atoms with van der Waals surface area (Å²) < 4.78 is 30.0. The van der Waals surface area contributed by atoms with Gasteiger partial charge >= 0.3 is 0 Å². The number of hydrogen-bond acceptors (Lipinski definition) is 6. The van der Waals surface area contributed by atoms with Gasteiger partial charge in [0, 0.05) is 30.3 Å². The quantitative estimate of drug-likeness (QED) is 0.737. The van der Waals surface area contributed by atoms with Crippen molar-refractivity contribution < 1.29 is 23.2 Å². The van der Waals surface area contributed by atoms with Crippen molar-refractivity contribution in [1.82, 2.24) is 5.16 Å². The lowest BCUT2D eigenvalue weighted by atomic mass is 9.90. The summed E-state index contributed by atoms with van der Waals surface area (Å²) in [6, 6.07) is 7.58. The number of benzene rings is 1. The number of aromatic nitrogens is 1. The minimum atomic E-state index is -0.385.